The molecule has 2 nitrogen and oxygen atoms in total. The Bertz CT molecular complexity index is 335. The first-order valence-electron chi connectivity index (χ1n) is 4.59. The SMILES string of the molecule is CCn1c2c(sc1=N)CCCC2. The molecule has 2 rings (SSSR count). The molecule has 0 unspecified atom stereocenters. The van der Waals surface area contributed by atoms with E-state index in [1.807, 2.05) is 0 Å². The second-order valence-electron chi connectivity index (χ2n) is 3.23. The third kappa shape index (κ3) is 1.12. The molecule has 0 aliphatic heterocycles. The maximum atomic E-state index is 7.75. The summed E-state index contributed by atoms with van der Waals surface area (Å²) in [7, 11) is 0. The Hall–Kier alpha value is -0.570. The minimum Gasteiger partial charge on any atom is -0.321 e. The summed E-state index contributed by atoms with van der Waals surface area (Å²) in [5.41, 5.74) is 1.44. The predicted octanol–water partition coefficient (Wildman–Crippen LogP) is 1.93. The fourth-order valence-electron chi connectivity index (χ4n) is 1.89. The molecule has 0 bridgehead atoms. The topological polar surface area (TPSA) is 28.8 Å². The van der Waals surface area contributed by atoms with Crippen LogP contribution >= 0.6 is 11.3 Å². The molecule has 3 heteroatoms. The van der Waals surface area contributed by atoms with E-state index in [0.29, 0.717) is 0 Å². The van der Waals surface area contributed by atoms with Gasteiger partial charge in [0.05, 0.1) is 0 Å². The van der Waals surface area contributed by atoms with E-state index in [1.54, 1.807) is 11.3 Å². The normalized spacial score (nSPS) is 16.1. The summed E-state index contributed by atoms with van der Waals surface area (Å²) in [6, 6.07) is 0. The first kappa shape index (κ1) is 8.05. The van der Waals surface area contributed by atoms with Crippen LogP contribution in [0.3, 0.4) is 0 Å². The molecule has 0 fully saturated rings. The van der Waals surface area contributed by atoms with Crippen LogP contribution in [0, 0.1) is 5.41 Å². The van der Waals surface area contributed by atoms with E-state index in [9.17, 15) is 0 Å². The highest BCUT2D eigenvalue weighted by Gasteiger charge is 2.15. The number of hydrogen-bond acceptors (Lipinski definition) is 2. The van der Waals surface area contributed by atoms with Gasteiger partial charge >= 0.3 is 0 Å². The summed E-state index contributed by atoms with van der Waals surface area (Å²) < 4.78 is 2.15. The second kappa shape index (κ2) is 3.05. The molecular formula is C9H14N2S. The van der Waals surface area contributed by atoms with E-state index in [1.165, 1.54) is 36.3 Å². The van der Waals surface area contributed by atoms with E-state index >= 15 is 0 Å². The number of rotatable bonds is 1. The van der Waals surface area contributed by atoms with Gasteiger partial charge in [-0.05, 0) is 32.6 Å². The molecule has 1 aromatic rings. The average Bonchev–Trinajstić information content (AvgIpc) is 2.40. The van der Waals surface area contributed by atoms with Crippen molar-refractivity contribution in [1.29, 1.82) is 5.41 Å². The van der Waals surface area contributed by atoms with Gasteiger partial charge in [-0.2, -0.15) is 0 Å². The molecule has 0 saturated carbocycles. The number of nitrogens with one attached hydrogen (secondary N) is 1. The van der Waals surface area contributed by atoms with E-state index < -0.39 is 0 Å². The Kier molecular flexibility index (Phi) is 2.05. The number of hydrogen-bond donors (Lipinski definition) is 1. The monoisotopic (exact) mass is 182 g/mol. The summed E-state index contributed by atoms with van der Waals surface area (Å²) in [4.78, 5) is 2.21. The highest BCUT2D eigenvalue weighted by atomic mass is 32.1. The Morgan fingerprint density at radius 1 is 1.42 bits per heavy atom. The predicted molar refractivity (Wildman–Crippen MR) is 50.5 cm³/mol. The minimum absolute atomic E-state index is 0.740. The van der Waals surface area contributed by atoms with Crippen molar-refractivity contribution in [2.45, 2.75) is 39.2 Å². The lowest BCUT2D eigenvalue weighted by molar-refractivity contribution is 0.608. The zero-order chi connectivity index (χ0) is 8.55. The van der Waals surface area contributed by atoms with E-state index in [0.717, 1.165) is 11.3 Å². The highest BCUT2D eigenvalue weighted by Crippen LogP contribution is 2.22. The van der Waals surface area contributed by atoms with Crippen LogP contribution in [0.5, 0.6) is 0 Å². The Morgan fingerprint density at radius 2 is 2.17 bits per heavy atom. The fourth-order valence-corrected chi connectivity index (χ4v) is 3.05. The Labute approximate surface area is 76.4 Å². The van der Waals surface area contributed by atoms with Crippen LogP contribution in [-0.4, -0.2) is 4.57 Å². The third-order valence-electron chi connectivity index (χ3n) is 2.50. The number of nitrogens with zero attached hydrogens (tertiary/aromatic N) is 1. The smallest absolute Gasteiger partial charge is 0.182 e. The van der Waals surface area contributed by atoms with Crippen LogP contribution in [0.25, 0.3) is 0 Å². The summed E-state index contributed by atoms with van der Waals surface area (Å²) in [6.07, 6.45) is 5.03. The molecule has 0 amide bonds. The molecule has 12 heavy (non-hydrogen) atoms. The van der Waals surface area contributed by atoms with Crippen LogP contribution in [0.4, 0.5) is 0 Å². The number of fused-ring (bicyclic) bond motifs is 1. The zero-order valence-electron chi connectivity index (χ0n) is 7.39. The fraction of sp³-hybridized carbons (Fsp3) is 0.667. The largest absolute Gasteiger partial charge is 0.321 e. The van der Waals surface area contributed by atoms with Crippen molar-refractivity contribution in [1.82, 2.24) is 4.57 Å². The van der Waals surface area contributed by atoms with E-state index in [4.69, 9.17) is 5.41 Å². The van der Waals surface area contributed by atoms with Gasteiger partial charge in [0, 0.05) is 17.1 Å². The molecule has 0 aromatic carbocycles. The molecule has 0 radical (unpaired) electrons. The van der Waals surface area contributed by atoms with Gasteiger partial charge < -0.3 is 4.57 Å². The van der Waals surface area contributed by atoms with Crippen molar-refractivity contribution in [2.24, 2.45) is 0 Å². The maximum absolute atomic E-state index is 7.75. The van der Waals surface area contributed by atoms with Crippen molar-refractivity contribution >= 4 is 11.3 Å². The molecular weight excluding hydrogens is 168 g/mol. The van der Waals surface area contributed by atoms with Crippen LogP contribution in [-0.2, 0) is 19.4 Å². The molecule has 0 saturated heterocycles. The first-order valence-corrected chi connectivity index (χ1v) is 5.40. The lowest BCUT2D eigenvalue weighted by Crippen LogP contribution is -2.15. The molecule has 66 valence electrons. The molecule has 0 spiro atoms. The molecule has 0 atom stereocenters. The van der Waals surface area contributed by atoms with Gasteiger partial charge in [0.1, 0.15) is 0 Å². The van der Waals surface area contributed by atoms with Gasteiger partial charge in [-0.15, -0.1) is 11.3 Å². The van der Waals surface area contributed by atoms with Crippen molar-refractivity contribution in [2.75, 3.05) is 0 Å². The first-order chi connectivity index (χ1) is 5.83. The molecule has 1 heterocycles. The standard InChI is InChI=1S/C9H14N2S/c1-2-11-7-5-3-4-6-8(7)12-9(11)10/h10H,2-6H2,1H3. The number of aromatic nitrogens is 1. The Morgan fingerprint density at radius 3 is 2.92 bits per heavy atom. The van der Waals surface area contributed by atoms with Gasteiger partial charge in [0.2, 0.25) is 0 Å². The summed E-state index contributed by atoms with van der Waals surface area (Å²) in [5, 5.41) is 7.75. The summed E-state index contributed by atoms with van der Waals surface area (Å²) in [5.74, 6) is 0. The summed E-state index contributed by atoms with van der Waals surface area (Å²) >= 11 is 1.67. The second-order valence-corrected chi connectivity index (χ2v) is 4.31. The lowest BCUT2D eigenvalue weighted by atomic mass is 10.0. The van der Waals surface area contributed by atoms with Crippen LogP contribution in [0.2, 0.25) is 0 Å². The average molecular weight is 182 g/mol. The van der Waals surface area contributed by atoms with Crippen molar-refractivity contribution in [3.63, 3.8) is 0 Å². The van der Waals surface area contributed by atoms with Gasteiger partial charge in [-0.3, -0.25) is 5.41 Å². The zero-order valence-corrected chi connectivity index (χ0v) is 8.21. The van der Waals surface area contributed by atoms with Crippen molar-refractivity contribution < 1.29 is 0 Å². The van der Waals surface area contributed by atoms with Gasteiger partial charge in [-0.25, -0.2) is 0 Å². The van der Waals surface area contributed by atoms with E-state index in [2.05, 4.69) is 11.5 Å². The highest BCUT2D eigenvalue weighted by molar-refractivity contribution is 7.09. The number of thiazole rings is 1. The molecule has 1 aliphatic carbocycles. The lowest BCUT2D eigenvalue weighted by Gasteiger charge is -2.12. The van der Waals surface area contributed by atoms with Crippen LogP contribution in [0.15, 0.2) is 0 Å². The molecule has 1 aliphatic rings. The molecule has 1 N–H and O–H groups in total. The van der Waals surface area contributed by atoms with Crippen LogP contribution < -0.4 is 4.80 Å². The van der Waals surface area contributed by atoms with Crippen molar-refractivity contribution in [3.8, 4) is 0 Å². The van der Waals surface area contributed by atoms with Gasteiger partial charge in [-0.1, -0.05) is 0 Å². The quantitative estimate of drug-likeness (QED) is 0.687. The van der Waals surface area contributed by atoms with Gasteiger partial charge in [0.25, 0.3) is 0 Å². The van der Waals surface area contributed by atoms with Gasteiger partial charge in [0.15, 0.2) is 4.80 Å². The van der Waals surface area contributed by atoms with E-state index in [-0.39, 0.29) is 0 Å². The minimum atomic E-state index is 0.740. The summed E-state index contributed by atoms with van der Waals surface area (Å²) in [6.45, 7) is 3.09. The third-order valence-corrected chi connectivity index (χ3v) is 3.60. The number of aryl methyl sites for hydroxylation is 1. The Balaban J connectivity index is 2.54. The maximum Gasteiger partial charge on any atom is 0.182 e. The van der Waals surface area contributed by atoms with Crippen molar-refractivity contribution in [3.05, 3.63) is 15.4 Å². The molecule has 1 aromatic heterocycles. The van der Waals surface area contributed by atoms with Crippen LogP contribution in [0.1, 0.15) is 30.3 Å².